The van der Waals surface area contributed by atoms with Gasteiger partial charge in [-0.3, -0.25) is 9.59 Å². The average molecular weight is 515 g/mol. The Morgan fingerprint density at radius 2 is 1.70 bits per heavy atom. The summed E-state index contributed by atoms with van der Waals surface area (Å²) >= 11 is 0. The number of hydrogen-bond donors (Lipinski definition) is 2. The number of aliphatic hydroxyl groups is 2. The summed E-state index contributed by atoms with van der Waals surface area (Å²) < 4.78 is 5.77. The minimum absolute atomic E-state index is 0.00500. The maximum Gasteiger partial charge on any atom is 0.302 e. The van der Waals surface area contributed by atoms with Gasteiger partial charge in [-0.1, -0.05) is 60.1 Å². The molecule has 0 aromatic heterocycles. The summed E-state index contributed by atoms with van der Waals surface area (Å²) in [6.45, 7) is 17.6. The predicted molar refractivity (Wildman–Crippen MR) is 143 cm³/mol. The number of hydrogen-bond acceptors (Lipinski definition) is 5. The van der Waals surface area contributed by atoms with E-state index < -0.39 is 17.6 Å². The lowest BCUT2D eigenvalue weighted by molar-refractivity contribution is -0.210. The Labute approximate surface area is 223 Å². The average Bonchev–Trinajstić information content (AvgIpc) is 3.11. The Hall–Kier alpha value is -1.20. The van der Waals surface area contributed by atoms with Crippen LogP contribution in [-0.2, 0) is 14.3 Å². The van der Waals surface area contributed by atoms with E-state index in [0.717, 1.165) is 32.1 Å². The number of fused-ring (bicyclic) bond motifs is 7. The van der Waals surface area contributed by atoms with Gasteiger partial charge in [0.25, 0.3) is 0 Å². The molecule has 0 aromatic rings. The van der Waals surface area contributed by atoms with Crippen molar-refractivity contribution in [3.63, 3.8) is 0 Å². The second-order valence-electron chi connectivity index (χ2n) is 15.2. The molecule has 4 saturated carbocycles. The van der Waals surface area contributed by atoms with Gasteiger partial charge < -0.3 is 14.9 Å². The Kier molecular flexibility index (Phi) is 6.21. The maximum atomic E-state index is 12.9. The number of ketones is 1. The van der Waals surface area contributed by atoms with Gasteiger partial charge in [0, 0.05) is 36.0 Å². The normalized spacial score (nSPS) is 50.5. The van der Waals surface area contributed by atoms with Gasteiger partial charge in [0.15, 0.2) is 0 Å². The summed E-state index contributed by atoms with van der Waals surface area (Å²) in [6, 6.07) is 0. The van der Waals surface area contributed by atoms with Crippen molar-refractivity contribution >= 4 is 11.8 Å². The predicted octanol–water partition coefficient (Wildman–Crippen LogP) is 5.72. The van der Waals surface area contributed by atoms with Crippen LogP contribution in [-0.4, -0.2) is 40.8 Å². The lowest BCUT2D eigenvalue weighted by Gasteiger charge is -2.69. The molecule has 0 heterocycles. The summed E-state index contributed by atoms with van der Waals surface area (Å²) in [5.41, 5.74) is 0.188. The van der Waals surface area contributed by atoms with Crippen molar-refractivity contribution in [2.75, 3.05) is 6.61 Å². The van der Waals surface area contributed by atoms with Crippen LogP contribution in [0.2, 0.25) is 0 Å². The van der Waals surface area contributed by atoms with Crippen molar-refractivity contribution in [3.8, 4) is 0 Å². The van der Waals surface area contributed by atoms with Gasteiger partial charge in [0.1, 0.15) is 5.78 Å². The first kappa shape index (κ1) is 27.4. The van der Waals surface area contributed by atoms with Gasteiger partial charge in [-0.15, -0.1) is 0 Å². The molecule has 2 N–H and O–H groups in total. The molecule has 0 saturated heterocycles. The van der Waals surface area contributed by atoms with Crippen LogP contribution in [0.15, 0.2) is 11.6 Å². The van der Waals surface area contributed by atoms with E-state index in [4.69, 9.17) is 4.74 Å². The zero-order valence-corrected chi connectivity index (χ0v) is 24.4. The summed E-state index contributed by atoms with van der Waals surface area (Å²) in [5, 5.41) is 23.6. The highest BCUT2D eigenvalue weighted by molar-refractivity contribution is 5.85. The Morgan fingerprint density at radius 3 is 2.32 bits per heavy atom. The van der Waals surface area contributed by atoms with E-state index in [1.54, 1.807) is 0 Å². The number of ether oxygens (including phenoxy) is 1. The molecular formula is C32H50O5. The molecule has 5 heteroatoms. The summed E-state index contributed by atoms with van der Waals surface area (Å²) in [6.07, 6.45) is 7.04. The monoisotopic (exact) mass is 514 g/mol. The van der Waals surface area contributed by atoms with Gasteiger partial charge in [-0.2, -0.15) is 0 Å². The fourth-order valence-electron chi connectivity index (χ4n) is 11.2. The number of aliphatic hydroxyl groups excluding tert-OH is 2. The molecule has 5 aliphatic carbocycles. The second kappa shape index (κ2) is 8.40. The molecule has 0 aliphatic heterocycles. The Morgan fingerprint density at radius 1 is 1.03 bits per heavy atom. The van der Waals surface area contributed by atoms with Gasteiger partial charge >= 0.3 is 5.97 Å². The van der Waals surface area contributed by atoms with Crippen molar-refractivity contribution < 1.29 is 24.5 Å². The van der Waals surface area contributed by atoms with E-state index in [9.17, 15) is 19.8 Å². The third-order valence-electron chi connectivity index (χ3n) is 13.2. The molecule has 0 radical (unpaired) electrons. The topological polar surface area (TPSA) is 83.8 Å². The van der Waals surface area contributed by atoms with Crippen LogP contribution < -0.4 is 0 Å². The van der Waals surface area contributed by atoms with Crippen LogP contribution >= 0.6 is 0 Å². The standard InChI is InChI=1S/C32H50O5/c1-18(2)21-15-23(35)27-31(8)12-9-20-26(30(31,7)13-14-32(21,27)17-37-19(3)33)22(34)16-24-28(4,5)25(36)10-11-29(20,24)6/h9,18,21-24,26-27,34-35H,10-17H2,1-8H3/t21-,22+,23-,24-,26+,27+,29-,30+,31-,32-/m1/s1. The number of allylic oxidation sites excluding steroid dienone is 1. The van der Waals surface area contributed by atoms with E-state index in [0.29, 0.717) is 37.1 Å². The van der Waals surface area contributed by atoms with Gasteiger partial charge in [-0.05, 0) is 72.5 Å². The third-order valence-corrected chi connectivity index (χ3v) is 13.2. The molecule has 0 aromatic carbocycles. The molecule has 208 valence electrons. The summed E-state index contributed by atoms with van der Waals surface area (Å²) in [5.74, 6) is 0.925. The molecule has 37 heavy (non-hydrogen) atoms. The van der Waals surface area contributed by atoms with Gasteiger partial charge in [-0.25, -0.2) is 0 Å². The van der Waals surface area contributed by atoms with E-state index in [1.807, 2.05) is 0 Å². The van der Waals surface area contributed by atoms with E-state index in [2.05, 4.69) is 54.5 Å². The van der Waals surface area contributed by atoms with Crippen LogP contribution in [0.3, 0.4) is 0 Å². The molecule has 0 spiro atoms. The lowest BCUT2D eigenvalue weighted by Crippen LogP contribution is -2.66. The smallest absolute Gasteiger partial charge is 0.302 e. The first-order valence-corrected chi connectivity index (χ1v) is 14.8. The van der Waals surface area contributed by atoms with Crippen LogP contribution in [0.5, 0.6) is 0 Å². The molecule has 10 atom stereocenters. The fraction of sp³-hybridized carbons (Fsp3) is 0.875. The largest absolute Gasteiger partial charge is 0.465 e. The maximum absolute atomic E-state index is 12.9. The minimum atomic E-state index is -0.500. The van der Waals surface area contributed by atoms with Gasteiger partial charge in [0.05, 0.1) is 18.8 Å². The van der Waals surface area contributed by atoms with Crippen molar-refractivity contribution in [2.45, 2.75) is 113 Å². The minimum Gasteiger partial charge on any atom is -0.465 e. The molecular weight excluding hydrogens is 464 g/mol. The van der Waals surface area contributed by atoms with E-state index >= 15 is 0 Å². The van der Waals surface area contributed by atoms with Crippen LogP contribution in [0.4, 0.5) is 0 Å². The van der Waals surface area contributed by atoms with E-state index in [-0.39, 0.29) is 45.4 Å². The zero-order chi connectivity index (χ0) is 27.3. The Balaban J connectivity index is 1.62. The first-order chi connectivity index (χ1) is 17.1. The van der Waals surface area contributed by atoms with Crippen LogP contribution in [0.25, 0.3) is 0 Å². The second-order valence-corrected chi connectivity index (χ2v) is 15.2. The zero-order valence-electron chi connectivity index (χ0n) is 24.4. The van der Waals surface area contributed by atoms with Crippen molar-refractivity contribution in [1.82, 2.24) is 0 Å². The van der Waals surface area contributed by atoms with Crippen molar-refractivity contribution in [2.24, 2.45) is 56.7 Å². The third kappa shape index (κ3) is 3.41. The quantitative estimate of drug-likeness (QED) is 0.372. The van der Waals surface area contributed by atoms with Crippen LogP contribution in [0, 0.1) is 56.7 Å². The highest BCUT2D eigenvalue weighted by Crippen LogP contribution is 2.76. The summed E-state index contributed by atoms with van der Waals surface area (Å²) in [7, 11) is 0. The number of Topliss-reactive ketones (excluding diaryl/α,β-unsaturated/α-hetero) is 1. The molecule has 5 nitrogen and oxygen atoms in total. The van der Waals surface area contributed by atoms with Crippen molar-refractivity contribution in [1.29, 1.82) is 0 Å². The summed E-state index contributed by atoms with van der Waals surface area (Å²) in [4.78, 5) is 24.9. The SMILES string of the molecule is CC(=O)OC[C@@]12CC[C@@]3(C)[C@H]4C(=CC[C@]3(C)[C@@H]1[C@H](O)C[C@@H]2C(C)C)[C@@]1(C)CCC(=O)C(C)(C)[C@H]1C[C@@H]4O. The highest BCUT2D eigenvalue weighted by atomic mass is 16.5. The molecule has 0 amide bonds. The molecule has 0 bridgehead atoms. The number of carbonyl (C=O) groups excluding carboxylic acids is 2. The van der Waals surface area contributed by atoms with Crippen LogP contribution in [0.1, 0.15) is 100 Å². The number of rotatable bonds is 3. The molecule has 5 rings (SSSR count). The van der Waals surface area contributed by atoms with Crippen molar-refractivity contribution in [3.05, 3.63) is 11.6 Å². The Bertz CT molecular complexity index is 1010. The first-order valence-electron chi connectivity index (χ1n) is 14.8. The molecule has 4 fully saturated rings. The lowest BCUT2D eigenvalue weighted by atomic mass is 9.35. The van der Waals surface area contributed by atoms with Gasteiger partial charge in [0.2, 0.25) is 0 Å². The van der Waals surface area contributed by atoms with E-state index in [1.165, 1.54) is 12.5 Å². The number of esters is 1. The molecule has 5 aliphatic rings. The highest BCUT2D eigenvalue weighted by Gasteiger charge is 2.73. The molecule has 0 unspecified atom stereocenters. The fourth-order valence-corrected chi connectivity index (χ4v) is 11.2. The number of carbonyl (C=O) groups is 2.